The van der Waals surface area contributed by atoms with Crippen molar-refractivity contribution in [2.24, 2.45) is 0 Å². The van der Waals surface area contributed by atoms with Crippen LogP contribution in [-0.2, 0) is 6.42 Å². The summed E-state index contributed by atoms with van der Waals surface area (Å²) in [4.78, 5) is 20.6. The van der Waals surface area contributed by atoms with Gasteiger partial charge in [-0.1, -0.05) is 6.07 Å². The summed E-state index contributed by atoms with van der Waals surface area (Å²) in [5, 5.41) is 11.4. The quantitative estimate of drug-likeness (QED) is 0.497. The van der Waals surface area contributed by atoms with E-state index in [9.17, 15) is 4.79 Å². The summed E-state index contributed by atoms with van der Waals surface area (Å²) < 4.78 is 5.37. The van der Waals surface area contributed by atoms with E-state index in [1.165, 1.54) is 5.56 Å². The van der Waals surface area contributed by atoms with Crippen molar-refractivity contribution in [3.8, 4) is 17.1 Å². The van der Waals surface area contributed by atoms with Crippen molar-refractivity contribution in [3.63, 3.8) is 0 Å². The summed E-state index contributed by atoms with van der Waals surface area (Å²) in [5.41, 5.74) is 5.21. The molecule has 4 aromatic rings. The largest absolute Gasteiger partial charge is 0.497 e. The summed E-state index contributed by atoms with van der Waals surface area (Å²) in [6.07, 6.45) is 4.61. The lowest BCUT2D eigenvalue weighted by Crippen LogP contribution is -2.31. The molecule has 5 rings (SSSR count). The molecule has 7 nitrogen and oxygen atoms in total. The van der Waals surface area contributed by atoms with E-state index >= 15 is 0 Å². The van der Waals surface area contributed by atoms with Gasteiger partial charge in [0, 0.05) is 22.8 Å². The lowest BCUT2D eigenvalue weighted by Gasteiger charge is -2.23. The first-order valence-corrected chi connectivity index (χ1v) is 9.69. The Morgan fingerprint density at radius 3 is 2.97 bits per heavy atom. The highest BCUT2D eigenvalue weighted by atomic mass is 16.5. The van der Waals surface area contributed by atoms with Crippen LogP contribution in [0.3, 0.4) is 0 Å². The number of fused-ring (bicyclic) bond motifs is 3. The number of carbonyl (C=O) groups excluding carboxylic acids is 1. The third kappa shape index (κ3) is 3.14. The molecule has 1 aliphatic carbocycles. The number of pyridine rings is 1. The van der Waals surface area contributed by atoms with Gasteiger partial charge in [-0.05, 0) is 61.2 Å². The second kappa shape index (κ2) is 7.09. The minimum Gasteiger partial charge on any atom is -0.497 e. The van der Waals surface area contributed by atoms with Crippen LogP contribution >= 0.6 is 0 Å². The lowest BCUT2D eigenvalue weighted by molar-refractivity contribution is 0.0927. The molecule has 29 heavy (non-hydrogen) atoms. The molecule has 0 unspecified atom stereocenters. The Balaban J connectivity index is 1.41. The number of ether oxygens (including phenoxy) is 1. The van der Waals surface area contributed by atoms with Crippen molar-refractivity contribution in [2.45, 2.75) is 25.3 Å². The number of methoxy groups -OCH3 is 1. The molecule has 146 valence electrons. The van der Waals surface area contributed by atoms with E-state index in [0.29, 0.717) is 11.4 Å². The molecule has 0 radical (unpaired) electrons. The summed E-state index contributed by atoms with van der Waals surface area (Å²) >= 11 is 0. The van der Waals surface area contributed by atoms with Gasteiger partial charge in [0.1, 0.15) is 17.1 Å². The highest BCUT2D eigenvalue weighted by Crippen LogP contribution is 2.36. The van der Waals surface area contributed by atoms with E-state index in [2.05, 4.69) is 31.5 Å². The number of aromatic nitrogens is 4. The molecular formula is C22H21N5O2. The number of nitrogens with one attached hydrogen (secondary N) is 3. The van der Waals surface area contributed by atoms with Gasteiger partial charge in [0.15, 0.2) is 0 Å². The van der Waals surface area contributed by atoms with E-state index in [1.54, 1.807) is 19.4 Å². The molecule has 3 heterocycles. The smallest absolute Gasteiger partial charge is 0.269 e. The molecule has 7 heteroatoms. The summed E-state index contributed by atoms with van der Waals surface area (Å²) in [7, 11) is 1.67. The van der Waals surface area contributed by atoms with Crippen LogP contribution in [0.2, 0.25) is 0 Å². The molecule has 1 aromatic carbocycles. The number of amides is 1. The Hall–Kier alpha value is -3.61. The average molecular weight is 387 g/mol. The Kier molecular flexibility index (Phi) is 4.27. The van der Waals surface area contributed by atoms with Gasteiger partial charge in [-0.3, -0.25) is 14.9 Å². The maximum absolute atomic E-state index is 12.8. The monoisotopic (exact) mass is 387 g/mol. The van der Waals surface area contributed by atoms with Gasteiger partial charge < -0.3 is 15.0 Å². The molecular weight excluding hydrogens is 366 g/mol. The second-order valence-electron chi connectivity index (χ2n) is 7.23. The standard InChI is InChI=1S/C22H21N5O2/c1-29-13-8-9-16-15(11-13)14-5-4-7-18(21(14)24-16)25-22(28)20-12-19(26-27-20)17-6-2-3-10-23-17/h2-3,6,8-12,18,24H,4-5,7H2,1H3,(H,25,28)(H,26,27)/t18-/m1/s1. The number of benzene rings is 1. The average Bonchev–Trinajstić information content (AvgIpc) is 3.40. The molecule has 0 fully saturated rings. The number of aromatic amines is 2. The van der Waals surface area contributed by atoms with Crippen molar-refractivity contribution in [1.82, 2.24) is 25.5 Å². The Bertz CT molecular complexity index is 1180. The van der Waals surface area contributed by atoms with Gasteiger partial charge in [-0.25, -0.2) is 0 Å². The molecule has 0 saturated heterocycles. The Morgan fingerprint density at radius 2 is 2.14 bits per heavy atom. The first kappa shape index (κ1) is 17.5. The highest BCUT2D eigenvalue weighted by Gasteiger charge is 2.26. The minimum atomic E-state index is -0.172. The molecule has 3 aromatic heterocycles. The third-order valence-corrected chi connectivity index (χ3v) is 5.47. The van der Waals surface area contributed by atoms with Gasteiger partial charge in [-0.15, -0.1) is 0 Å². The molecule has 0 saturated carbocycles. The fourth-order valence-electron chi connectivity index (χ4n) is 4.03. The van der Waals surface area contributed by atoms with Gasteiger partial charge in [0.2, 0.25) is 0 Å². The van der Waals surface area contributed by atoms with Crippen molar-refractivity contribution in [1.29, 1.82) is 0 Å². The second-order valence-corrected chi connectivity index (χ2v) is 7.23. The fourth-order valence-corrected chi connectivity index (χ4v) is 4.03. The summed E-state index contributed by atoms with van der Waals surface area (Å²) in [5.74, 6) is 0.665. The number of hydrogen-bond donors (Lipinski definition) is 3. The SMILES string of the molecule is COc1ccc2[nH]c3c(c2c1)CCC[C@H]3NC(=O)c1cc(-c2ccccn2)n[nH]1. The Labute approximate surface area is 167 Å². The molecule has 1 aliphatic rings. The van der Waals surface area contributed by atoms with E-state index in [4.69, 9.17) is 4.74 Å². The van der Waals surface area contributed by atoms with Crippen LogP contribution in [0.4, 0.5) is 0 Å². The predicted molar refractivity (Wildman–Crippen MR) is 110 cm³/mol. The lowest BCUT2D eigenvalue weighted by atomic mass is 9.91. The highest BCUT2D eigenvalue weighted by molar-refractivity contribution is 5.94. The first-order chi connectivity index (χ1) is 14.2. The summed E-state index contributed by atoms with van der Waals surface area (Å²) in [6, 6.07) is 13.3. The number of carbonyl (C=O) groups is 1. The maximum Gasteiger partial charge on any atom is 0.269 e. The number of nitrogens with zero attached hydrogens (tertiary/aromatic N) is 2. The normalized spacial score (nSPS) is 15.8. The number of rotatable bonds is 4. The topological polar surface area (TPSA) is 95.7 Å². The fraction of sp³-hybridized carbons (Fsp3) is 0.227. The zero-order chi connectivity index (χ0) is 19.8. The Morgan fingerprint density at radius 1 is 1.21 bits per heavy atom. The summed E-state index contributed by atoms with van der Waals surface area (Å²) in [6.45, 7) is 0. The maximum atomic E-state index is 12.8. The van der Waals surface area contributed by atoms with Gasteiger partial charge in [0.05, 0.1) is 18.8 Å². The van der Waals surface area contributed by atoms with Gasteiger partial charge in [-0.2, -0.15) is 5.10 Å². The molecule has 1 atom stereocenters. The van der Waals surface area contributed by atoms with E-state index in [-0.39, 0.29) is 11.9 Å². The van der Waals surface area contributed by atoms with Gasteiger partial charge >= 0.3 is 0 Å². The third-order valence-electron chi connectivity index (χ3n) is 5.47. The zero-order valence-electron chi connectivity index (χ0n) is 16.0. The van der Waals surface area contributed by atoms with Crippen molar-refractivity contribution in [2.75, 3.05) is 7.11 Å². The van der Waals surface area contributed by atoms with Crippen LogP contribution in [-0.4, -0.2) is 33.2 Å². The zero-order valence-corrected chi connectivity index (χ0v) is 16.0. The van der Waals surface area contributed by atoms with Crippen LogP contribution in [0.25, 0.3) is 22.3 Å². The molecule has 3 N–H and O–H groups in total. The number of aryl methyl sites for hydroxylation is 1. The first-order valence-electron chi connectivity index (χ1n) is 9.69. The number of H-pyrrole nitrogens is 2. The van der Waals surface area contributed by atoms with Crippen LogP contribution in [0.5, 0.6) is 5.75 Å². The van der Waals surface area contributed by atoms with Crippen molar-refractivity contribution < 1.29 is 9.53 Å². The van der Waals surface area contributed by atoms with Gasteiger partial charge in [0.25, 0.3) is 5.91 Å². The molecule has 0 bridgehead atoms. The minimum absolute atomic E-state index is 0.0637. The molecule has 0 spiro atoms. The van der Waals surface area contributed by atoms with Crippen LogP contribution < -0.4 is 10.1 Å². The number of hydrogen-bond acceptors (Lipinski definition) is 4. The predicted octanol–water partition coefficient (Wildman–Crippen LogP) is 3.77. The van der Waals surface area contributed by atoms with E-state index in [1.807, 2.05) is 30.3 Å². The van der Waals surface area contributed by atoms with Crippen molar-refractivity contribution >= 4 is 16.8 Å². The van der Waals surface area contributed by atoms with Crippen molar-refractivity contribution in [3.05, 3.63) is 65.6 Å². The van der Waals surface area contributed by atoms with Crippen LogP contribution in [0, 0.1) is 0 Å². The van der Waals surface area contributed by atoms with Crippen LogP contribution in [0.15, 0.2) is 48.7 Å². The van der Waals surface area contributed by atoms with Crippen LogP contribution in [0.1, 0.15) is 40.6 Å². The molecule has 1 amide bonds. The van der Waals surface area contributed by atoms with E-state index < -0.39 is 0 Å². The van der Waals surface area contributed by atoms with E-state index in [0.717, 1.165) is 47.3 Å². The molecule has 0 aliphatic heterocycles.